The van der Waals surface area contributed by atoms with Crippen molar-refractivity contribution >= 4 is 55.9 Å². The molecule has 4 heterocycles. The molecule has 1 amide bonds. The molecule has 1 fully saturated rings. The van der Waals surface area contributed by atoms with Crippen LogP contribution in [0.5, 0.6) is 0 Å². The van der Waals surface area contributed by atoms with Crippen molar-refractivity contribution < 1.29 is 19.1 Å². The van der Waals surface area contributed by atoms with Crippen molar-refractivity contribution in [1.29, 1.82) is 0 Å². The van der Waals surface area contributed by atoms with E-state index in [9.17, 15) is 9.59 Å². The van der Waals surface area contributed by atoms with Crippen molar-refractivity contribution in [3.05, 3.63) is 32.1 Å². The molecule has 3 aromatic heterocycles. The van der Waals surface area contributed by atoms with Crippen molar-refractivity contribution in [2.45, 2.75) is 32.4 Å². The third kappa shape index (κ3) is 5.08. The monoisotopic (exact) mass is 585 g/mol. The SMILES string of the molecule is CCOC(=O)c1sc(N2CC[C@@H](NC(=O)c3[nH]c(C)c(Br)c3Cl)[C@@H](OC)C2)nc1-c1ncnn1C. The Labute approximate surface area is 219 Å². The van der Waals surface area contributed by atoms with E-state index in [0.717, 1.165) is 5.69 Å². The lowest BCUT2D eigenvalue weighted by molar-refractivity contribution is 0.0531. The van der Waals surface area contributed by atoms with Gasteiger partial charge in [0.05, 0.1) is 28.2 Å². The van der Waals surface area contributed by atoms with Crippen LogP contribution in [0.1, 0.15) is 39.2 Å². The number of carbonyl (C=O) groups excluding carboxylic acids is 2. The number of hydrogen-bond donors (Lipinski definition) is 2. The standard InChI is InChI=1S/C21H25BrClN7O4S/c1-5-34-20(32)17-16(18-24-9-25-29(18)3)28-21(35-17)30-7-6-11(12(8-30)33-4)27-19(31)15-14(23)13(22)10(2)26-15/h9,11-12,26H,5-8H2,1-4H3,(H,27,31)/t11-,12+/m1/s1. The lowest BCUT2D eigenvalue weighted by Crippen LogP contribution is -2.55. The van der Waals surface area contributed by atoms with Crippen LogP contribution in [0.3, 0.4) is 0 Å². The molecular formula is C21H25BrClN7O4S. The van der Waals surface area contributed by atoms with Crippen LogP contribution in [0, 0.1) is 6.92 Å². The van der Waals surface area contributed by atoms with Gasteiger partial charge in [-0.15, -0.1) is 0 Å². The van der Waals surface area contributed by atoms with E-state index in [4.69, 9.17) is 26.1 Å². The predicted octanol–water partition coefficient (Wildman–Crippen LogP) is 3.19. The highest BCUT2D eigenvalue weighted by Crippen LogP contribution is 2.35. The summed E-state index contributed by atoms with van der Waals surface area (Å²) in [6, 6.07) is -0.232. The Morgan fingerprint density at radius 2 is 2.20 bits per heavy atom. The molecular weight excluding hydrogens is 562 g/mol. The summed E-state index contributed by atoms with van der Waals surface area (Å²) in [6.45, 7) is 4.90. The lowest BCUT2D eigenvalue weighted by atomic mass is 10.0. The Kier molecular flexibility index (Phi) is 7.79. The number of aromatic nitrogens is 5. The number of amides is 1. The van der Waals surface area contributed by atoms with Crippen molar-refractivity contribution in [3.8, 4) is 11.5 Å². The fraction of sp³-hybridized carbons (Fsp3) is 0.476. The second kappa shape index (κ2) is 10.6. The van der Waals surface area contributed by atoms with Gasteiger partial charge in [0.25, 0.3) is 5.91 Å². The van der Waals surface area contributed by atoms with E-state index in [1.54, 1.807) is 25.8 Å². The normalized spacial score (nSPS) is 18.1. The molecule has 2 N–H and O–H groups in total. The van der Waals surface area contributed by atoms with Crippen molar-refractivity contribution in [2.75, 3.05) is 31.7 Å². The second-order valence-corrected chi connectivity index (χ2v) is 10.1. The van der Waals surface area contributed by atoms with Crippen molar-refractivity contribution in [3.63, 3.8) is 0 Å². The highest BCUT2D eigenvalue weighted by Gasteiger charge is 2.34. The van der Waals surface area contributed by atoms with Gasteiger partial charge in [-0.05, 0) is 36.2 Å². The van der Waals surface area contributed by atoms with Crippen LogP contribution in [0.4, 0.5) is 5.13 Å². The number of aromatic amines is 1. The predicted molar refractivity (Wildman–Crippen MR) is 135 cm³/mol. The number of piperidine rings is 1. The maximum absolute atomic E-state index is 12.9. The summed E-state index contributed by atoms with van der Waals surface area (Å²) in [6.07, 6.45) is 1.71. The summed E-state index contributed by atoms with van der Waals surface area (Å²) in [5.74, 6) is -0.276. The minimum absolute atomic E-state index is 0.232. The van der Waals surface area contributed by atoms with Gasteiger partial charge in [-0.25, -0.2) is 19.4 Å². The molecule has 1 aliphatic rings. The Morgan fingerprint density at radius 1 is 1.43 bits per heavy atom. The molecule has 0 unspecified atom stereocenters. The van der Waals surface area contributed by atoms with Crippen LogP contribution in [-0.2, 0) is 16.5 Å². The molecule has 0 aromatic carbocycles. The molecule has 1 saturated heterocycles. The van der Waals surface area contributed by atoms with Crippen LogP contribution in [0.15, 0.2) is 10.8 Å². The van der Waals surface area contributed by atoms with E-state index in [0.29, 0.717) is 56.2 Å². The molecule has 11 nitrogen and oxygen atoms in total. The van der Waals surface area contributed by atoms with E-state index in [-0.39, 0.29) is 24.7 Å². The largest absolute Gasteiger partial charge is 0.462 e. The third-order valence-corrected chi connectivity index (χ3v) is 8.42. The number of methoxy groups -OCH3 is 1. The lowest BCUT2D eigenvalue weighted by Gasteiger charge is -2.37. The van der Waals surface area contributed by atoms with E-state index >= 15 is 0 Å². The van der Waals surface area contributed by atoms with Gasteiger partial charge in [-0.1, -0.05) is 22.9 Å². The number of carbonyl (C=O) groups is 2. The molecule has 3 aromatic rings. The zero-order chi connectivity index (χ0) is 25.3. The highest BCUT2D eigenvalue weighted by molar-refractivity contribution is 9.10. The molecule has 0 radical (unpaired) electrons. The number of esters is 1. The van der Waals surface area contributed by atoms with Crippen LogP contribution >= 0.6 is 38.9 Å². The summed E-state index contributed by atoms with van der Waals surface area (Å²) < 4.78 is 13.2. The van der Waals surface area contributed by atoms with Gasteiger partial charge in [0.15, 0.2) is 11.0 Å². The average molecular weight is 587 g/mol. The van der Waals surface area contributed by atoms with E-state index in [2.05, 4.69) is 36.3 Å². The van der Waals surface area contributed by atoms with Gasteiger partial charge in [-0.3, -0.25) is 4.79 Å². The Bertz CT molecular complexity index is 1240. The first kappa shape index (κ1) is 25.6. The van der Waals surface area contributed by atoms with E-state index in [1.165, 1.54) is 17.7 Å². The van der Waals surface area contributed by atoms with Gasteiger partial charge in [-0.2, -0.15) is 5.10 Å². The first-order valence-electron chi connectivity index (χ1n) is 10.9. The Morgan fingerprint density at radius 3 is 2.80 bits per heavy atom. The quantitative estimate of drug-likeness (QED) is 0.404. The number of aryl methyl sites for hydroxylation is 2. The summed E-state index contributed by atoms with van der Waals surface area (Å²) in [5.41, 5.74) is 1.51. The van der Waals surface area contributed by atoms with Gasteiger partial charge in [0, 0.05) is 32.9 Å². The van der Waals surface area contributed by atoms with Crippen molar-refractivity contribution in [1.82, 2.24) is 30.0 Å². The van der Waals surface area contributed by atoms with Crippen LogP contribution in [0.2, 0.25) is 5.02 Å². The first-order chi connectivity index (χ1) is 16.7. The number of H-pyrrole nitrogens is 1. The molecule has 0 spiro atoms. The number of hydrogen-bond acceptors (Lipinski definition) is 9. The molecule has 0 saturated carbocycles. The second-order valence-electron chi connectivity index (χ2n) is 7.94. The molecule has 4 rings (SSSR count). The maximum Gasteiger partial charge on any atom is 0.350 e. The molecule has 0 aliphatic carbocycles. The Hall–Kier alpha value is -2.48. The van der Waals surface area contributed by atoms with Crippen LogP contribution < -0.4 is 10.2 Å². The minimum atomic E-state index is -0.455. The zero-order valence-corrected chi connectivity index (χ0v) is 22.8. The molecule has 1 aliphatic heterocycles. The molecule has 14 heteroatoms. The molecule has 188 valence electrons. The molecule has 35 heavy (non-hydrogen) atoms. The number of ether oxygens (including phenoxy) is 2. The van der Waals surface area contributed by atoms with Gasteiger partial charge >= 0.3 is 5.97 Å². The number of rotatable bonds is 7. The molecule has 2 atom stereocenters. The van der Waals surface area contributed by atoms with E-state index in [1.807, 2.05) is 11.8 Å². The summed E-state index contributed by atoms with van der Waals surface area (Å²) >= 11 is 10.9. The Balaban J connectivity index is 1.54. The maximum atomic E-state index is 12.9. The van der Waals surface area contributed by atoms with Crippen LogP contribution in [-0.4, -0.2) is 75.6 Å². The number of halogens is 2. The number of anilines is 1. The van der Waals surface area contributed by atoms with Crippen molar-refractivity contribution in [2.24, 2.45) is 7.05 Å². The first-order valence-corrected chi connectivity index (χ1v) is 12.9. The number of nitrogens with zero attached hydrogens (tertiary/aromatic N) is 5. The minimum Gasteiger partial charge on any atom is -0.462 e. The summed E-state index contributed by atoms with van der Waals surface area (Å²) in [5, 5.41) is 8.11. The molecule has 0 bridgehead atoms. The fourth-order valence-electron chi connectivity index (χ4n) is 3.90. The van der Waals surface area contributed by atoms with E-state index < -0.39 is 5.97 Å². The van der Waals surface area contributed by atoms with Gasteiger partial charge < -0.3 is 24.7 Å². The average Bonchev–Trinajstić information content (AvgIpc) is 3.53. The zero-order valence-electron chi connectivity index (χ0n) is 19.6. The van der Waals surface area contributed by atoms with Gasteiger partial charge in [0.2, 0.25) is 0 Å². The number of thiazole rings is 1. The fourth-order valence-corrected chi connectivity index (χ4v) is 5.47. The summed E-state index contributed by atoms with van der Waals surface area (Å²) in [7, 11) is 3.34. The summed E-state index contributed by atoms with van der Waals surface area (Å²) in [4.78, 5) is 39.9. The third-order valence-electron chi connectivity index (χ3n) is 5.73. The van der Waals surface area contributed by atoms with Crippen LogP contribution in [0.25, 0.3) is 11.5 Å². The highest BCUT2D eigenvalue weighted by atomic mass is 79.9. The smallest absolute Gasteiger partial charge is 0.350 e. The topological polar surface area (TPSA) is 127 Å². The number of nitrogens with one attached hydrogen (secondary N) is 2. The van der Waals surface area contributed by atoms with Gasteiger partial charge in [0.1, 0.15) is 22.6 Å².